The highest BCUT2D eigenvalue weighted by Gasteiger charge is 2.37. The van der Waals surface area contributed by atoms with Gasteiger partial charge in [0.1, 0.15) is 11.7 Å². The van der Waals surface area contributed by atoms with Crippen molar-refractivity contribution in [3.63, 3.8) is 0 Å². The maximum absolute atomic E-state index is 11.7. The van der Waals surface area contributed by atoms with Gasteiger partial charge in [-0.3, -0.25) is 4.79 Å². The van der Waals surface area contributed by atoms with Crippen LogP contribution in [0, 0.1) is 0 Å². The van der Waals surface area contributed by atoms with Crippen molar-refractivity contribution in [2.24, 2.45) is 0 Å². The third-order valence-electron chi connectivity index (χ3n) is 2.82. The summed E-state index contributed by atoms with van der Waals surface area (Å²) in [5, 5.41) is 3.01. The van der Waals surface area contributed by atoms with Crippen molar-refractivity contribution in [3.05, 3.63) is 11.5 Å². The number of amides is 1. The van der Waals surface area contributed by atoms with Gasteiger partial charge in [-0.15, -0.1) is 0 Å². The number of halogens is 1. The van der Waals surface area contributed by atoms with Gasteiger partial charge in [-0.2, -0.15) is 4.98 Å². The number of rotatable bonds is 0. The number of carbonyl (C=O) groups is 1. The second-order valence-electron chi connectivity index (χ2n) is 3.72. The van der Waals surface area contributed by atoms with Crippen molar-refractivity contribution in [2.75, 3.05) is 16.8 Å². The lowest BCUT2D eigenvalue weighted by Crippen LogP contribution is -2.44. The molecule has 1 saturated heterocycles. The number of anilines is 2. The molecular weight excluding hydrogens is 216 g/mol. The molecule has 0 aliphatic carbocycles. The maximum Gasteiger partial charge on any atom is 0.247 e. The summed E-state index contributed by atoms with van der Waals surface area (Å²) in [7, 11) is 0. The topological polar surface area (TPSA) is 58.1 Å². The summed E-state index contributed by atoms with van der Waals surface area (Å²) in [5.41, 5.74) is 0.655. The number of carbonyl (C=O) groups excluding carboxylic acids is 1. The van der Waals surface area contributed by atoms with E-state index in [1.54, 1.807) is 6.20 Å². The molecule has 3 heterocycles. The molecule has 1 fully saturated rings. The van der Waals surface area contributed by atoms with Crippen molar-refractivity contribution in [3.8, 4) is 0 Å². The first-order valence-corrected chi connectivity index (χ1v) is 5.23. The van der Waals surface area contributed by atoms with Crippen LogP contribution in [0.4, 0.5) is 11.5 Å². The highest BCUT2D eigenvalue weighted by Crippen LogP contribution is 2.34. The lowest BCUT2D eigenvalue weighted by Gasteiger charge is -2.31. The smallest absolute Gasteiger partial charge is 0.247 e. The minimum atomic E-state index is -0.0801. The number of nitrogens with one attached hydrogen (secondary N) is 1. The fraction of sp³-hybridized carbons (Fsp3) is 0.444. The molecule has 0 saturated carbocycles. The highest BCUT2D eigenvalue weighted by atomic mass is 35.5. The van der Waals surface area contributed by atoms with Crippen LogP contribution in [0.2, 0.25) is 5.28 Å². The molecule has 78 valence electrons. The van der Waals surface area contributed by atoms with Crippen molar-refractivity contribution in [1.82, 2.24) is 9.97 Å². The Morgan fingerprint density at radius 3 is 3.33 bits per heavy atom. The fourth-order valence-electron chi connectivity index (χ4n) is 2.17. The van der Waals surface area contributed by atoms with Gasteiger partial charge < -0.3 is 10.2 Å². The van der Waals surface area contributed by atoms with Crippen LogP contribution in [-0.4, -0.2) is 28.5 Å². The Balaban J connectivity index is 2.12. The number of fused-ring (bicyclic) bond motifs is 3. The van der Waals surface area contributed by atoms with E-state index in [0.717, 1.165) is 25.2 Å². The summed E-state index contributed by atoms with van der Waals surface area (Å²) in [5.74, 6) is 0.781. The van der Waals surface area contributed by atoms with Crippen LogP contribution in [0.15, 0.2) is 6.20 Å². The lowest BCUT2D eigenvalue weighted by atomic mass is 10.1. The summed E-state index contributed by atoms with van der Waals surface area (Å²) < 4.78 is 0. The van der Waals surface area contributed by atoms with Crippen molar-refractivity contribution >= 4 is 29.0 Å². The third kappa shape index (κ3) is 1.26. The summed E-state index contributed by atoms with van der Waals surface area (Å²) in [4.78, 5) is 21.7. The molecular formula is C9H9ClN4O. The van der Waals surface area contributed by atoms with Crippen LogP contribution in [0.3, 0.4) is 0 Å². The number of aromatic nitrogens is 2. The largest absolute Gasteiger partial charge is 0.343 e. The predicted molar refractivity (Wildman–Crippen MR) is 56.0 cm³/mol. The zero-order chi connectivity index (χ0) is 10.4. The molecule has 15 heavy (non-hydrogen) atoms. The Morgan fingerprint density at radius 1 is 1.60 bits per heavy atom. The lowest BCUT2D eigenvalue weighted by molar-refractivity contribution is -0.117. The summed E-state index contributed by atoms with van der Waals surface area (Å²) >= 11 is 5.74. The molecule has 0 radical (unpaired) electrons. The Hall–Kier alpha value is -1.36. The van der Waals surface area contributed by atoms with E-state index in [4.69, 9.17) is 11.6 Å². The standard InChI is InChI=1S/C9H9ClN4O/c10-9-11-4-5-7(13-9)14-3-1-2-6(14)8(15)12-5/h4,6H,1-3H2,(H,12,15)/t6-/m0/s1. The number of hydrogen-bond donors (Lipinski definition) is 1. The summed E-state index contributed by atoms with van der Waals surface area (Å²) in [6.07, 6.45) is 3.45. The molecule has 1 aromatic rings. The van der Waals surface area contributed by atoms with E-state index in [9.17, 15) is 4.79 Å². The van der Waals surface area contributed by atoms with E-state index in [1.165, 1.54) is 0 Å². The van der Waals surface area contributed by atoms with Crippen LogP contribution in [-0.2, 0) is 4.79 Å². The molecule has 0 spiro atoms. The minimum Gasteiger partial charge on any atom is -0.343 e. The monoisotopic (exact) mass is 224 g/mol. The molecule has 0 bridgehead atoms. The van der Waals surface area contributed by atoms with Crippen molar-refractivity contribution in [1.29, 1.82) is 0 Å². The van der Waals surface area contributed by atoms with Gasteiger partial charge in [0, 0.05) is 6.54 Å². The molecule has 5 nitrogen and oxygen atoms in total. The van der Waals surface area contributed by atoms with Crippen LogP contribution in [0.1, 0.15) is 12.8 Å². The number of nitrogens with zero attached hydrogens (tertiary/aromatic N) is 3. The summed E-state index contributed by atoms with van der Waals surface area (Å²) in [6, 6.07) is -0.0801. The van der Waals surface area contributed by atoms with Crippen LogP contribution < -0.4 is 10.2 Å². The molecule has 3 rings (SSSR count). The van der Waals surface area contributed by atoms with E-state index in [-0.39, 0.29) is 17.2 Å². The first-order chi connectivity index (χ1) is 7.25. The molecule has 2 aliphatic rings. The average molecular weight is 225 g/mol. The normalized spacial score (nSPS) is 23.4. The minimum absolute atomic E-state index is 0.0333. The molecule has 6 heteroatoms. The van der Waals surface area contributed by atoms with Crippen molar-refractivity contribution in [2.45, 2.75) is 18.9 Å². The van der Waals surface area contributed by atoms with Gasteiger partial charge in [0.05, 0.1) is 6.20 Å². The van der Waals surface area contributed by atoms with E-state index in [0.29, 0.717) is 5.69 Å². The quantitative estimate of drug-likeness (QED) is 0.670. The van der Waals surface area contributed by atoms with E-state index >= 15 is 0 Å². The van der Waals surface area contributed by atoms with Crippen LogP contribution in [0.5, 0.6) is 0 Å². The van der Waals surface area contributed by atoms with E-state index in [2.05, 4.69) is 15.3 Å². The van der Waals surface area contributed by atoms with Crippen molar-refractivity contribution < 1.29 is 4.79 Å². The Kier molecular flexibility index (Phi) is 1.82. The van der Waals surface area contributed by atoms with E-state index < -0.39 is 0 Å². The van der Waals surface area contributed by atoms with Gasteiger partial charge in [0.25, 0.3) is 0 Å². The zero-order valence-electron chi connectivity index (χ0n) is 7.90. The molecule has 1 N–H and O–H groups in total. The van der Waals surface area contributed by atoms with E-state index in [1.807, 2.05) is 4.90 Å². The zero-order valence-corrected chi connectivity index (χ0v) is 8.66. The van der Waals surface area contributed by atoms with Gasteiger partial charge in [0.2, 0.25) is 11.2 Å². The van der Waals surface area contributed by atoms with Gasteiger partial charge in [0.15, 0.2) is 5.82 Å². The maximum atomic E-state index is 11.7. The SMILES string of the molecule is O=C1Nc2cnc(Cl)nc2N2CCC[C@@H]12. The second-order valence-corrected chi connectivity index (χ2v) is 4.06. The Bertz CT molecular complexity index is 436. The average Bonchev–Trinajstić information content (AvgIpc) is 2.69. The highest BCUT2D eigenvalue weighted by molar-refractivity contribution is 6.28. The Morgan fingerprint density at radius 2 is 2.47 bits per heavy atom. The first-order valence-electron chi connectivity index (χ1n) is 4.86. The second kappa shape index (κ2) is 3.06. The predicted octanol–water partition coefficient (Wildman–Crippen LogP) is 1.05. The van der Waals surface area contributed by atoms with Crippen LogP contribution in [0.25, 0.3) is 0 Å². The molecule has 0 unspecified atom stereocenters. The first kappa shape index (κ1) is 8.91. The molecule has 2 aliphatic heterocycles. The third-order valence-corrected chi connectivity index (χ3v) is 3.01. The number of hydrogen-bond acceptors (Lipinski definition) is 4. The Labute approximate surface area is 91.5 Å². The van der Waals surface area contributed by atoms with Gasteiger partial charge in [-0.1, -0.05) is 0 Å². The molecule has 1 aromatic heterocycles. The molecule has 1 atom stereocenters. The van der Waals surface area contributed by atoms with Gasteiger partial charge in [-0.05, 0) is 24.4 Å². The fourth-order valence-corrected chi connectivity index (χ4v) is 2.30. The van der Waals surface area contributed by atoms with Crippen LogP contribution >= 0.6 is 11.6 Å². The van der Waals surface area contributed by atoms with Gasteiger partial charge >= 0.3 is 0 Å². The molecule has 0 aromatic carbocycles. The molecule has 1 amide bonds. The van der Waals surface area contributed by atoms with Gasteiger partial charge in [-0.25, -0.2) is 4.98 Å². The summed E-state index contributed by atoms with van der Waals surface area (Å²) in [6.45, 7) is 0.860.